The van der Waals surface area contributed by atoms with Gasteiger partial charge in [-0.3, -0.25) is 0 Å². The third-order valence-electron chi connectivity index (χ3n) is 3.71. The first-order chi connectivity index (χ1) is 11.7. The van der Waals surface area contributed by atoms with Gasteiger partial charge in [-0.2, -0.15) is 39.5 Å². The quantitative estimate of drug-likeness (QED) is 0.489. The molecule has 0 spiro atoms. The summed E-state index contributed by atoms with van der Waals surface area (Å²) in [5, 5.41) is 0. The minimum absolute atomic E-state index is 0.00312. The van der Waals surface area contributed by atoms with Crippen molar-refractivity contribution in [1.29, 1.82) is 0 Å². The van der Waals surface area contributed by atoms with Gasteiger partial charge in [0, 0.05) is 0 Å². The van der Waals surface area contributed by atoms with Crippen LogP contribution in [0.3, 0.4) is 0 Å². The summed E-state index contributed by atoms with van der Waals surface area (Å²) in [6, 6.07) is 3.20. The van der Waals surface area contributed by atoms with Crippen LogP contribution in [-0.2, 0) is 24.9 Å². The summed E-state index contributed by atoms with van der Waals surface area (Å²) in [6.45, 7) is 1.46. The highest BCUT2D eigenvalue weighted by molar-refractivity contribution is 5.70. The van der Waals surface area contributed by atoms with Gasteiger partial charge >= 0.3 is 18.5 Å². The zero-order valence-corrected chi connectivity index (χ0v) is 13.1. The second-order valence-corrected chi connectivity index (χ2v) is 5.52. The summed E-state index contributed by atoms with van der Waals surface area (Å²) in [4.78, 5) is 0. The van der Waals surface area contributed by atoms with Crippen molar-refractivity contribution in [3.8, 4) is 11.1 Å². The monoisotopic (exact) mass is 386 g/mol. The SMILES string of the molecule is CCc1cc(C(F)(F)F)ccc1-c1cc(C(F)(F)F)cc(C(F)(F)F)c1. The lowest BCUT2D eigenvalue weighted by molar-refractivity contribution is -0.143. The van der Waals surface area contributed by atoms with E-state index in [1.807, 2.05) is 0 Å². The Kier molecular flexibility index (Phi) is 5.04. The van der Waals surface area contributed by atoms with E-state index in [1.165, 1.54) is 6.92 Å². The van der Waals surface area contributed by atoms with E-state index in [0.29, 0.717) is 18.2 Å². The highest BCUT2D eigenvalue weighted by Gasteiger charge is 2.37. The summed E-state index contributed by atoms with van der Waals surface area (Å²) < 4.78 is 116. The number of rotatable bonds is 2. The van der Waals surface area contributed by atoms with E-state index in [1.54, 1.807) is 0 Å². The predicted octanol–water partition coefficient (Wildman–Crippen LogP) is 6.97. The molecule has 0 N–H and O–H groups in total. The largest absolute Gasteiger partial charge is 0.416 e. The summed E-state index contributed by atoms with van der Waals surface area (Å²) in [6.07, 6.45) is -14.7. The molecule has 9 heteroatoms. The molecule has 0 aliphatic carbocycles. The molecule has 0 fully saturated rings. The number of aryl methyl sites for hydroxylation is 1. The summed E-state index contributed by atoms with van der Waals surface area (Å²) in [7, 11) is 0. The topological polar surface area (TPSA) is 0 Å². The van der Waals surface area contributed by atoms with Crippen LogP contribution in [0.2, 0.25) is 0 Å². The minimum Gasteiger partial charge on any atom is -0.166 e. The highest BCUT2D eigenvalue weighted by atomic mass is 19.4. The normalized spacial score (nSPS) is 13.2. The molecule has 0 saturated carbocycles. The van der Waals surface area contributed by atoms with Gasteiger partial charge < -0.3 is 0 Å². The van der Waals surface area contributed by atoms with Gasteiger partial charge in [-0.25, -0.2) is 0 Å². The van der Waals surface area contributed by atoms with E-state index in [0.717, 1.165) is 12.1 Å². The van der Waals surface area contributed by atoms with Crippen LogP contribution in [-0.4, -0.2) is 0 Å². The Balaban J connectivity index is 2.71. The van der Waals surface area contributed by atoms with Crippen molar-refractivity contribution in [2.75, 3.05) is 0 Å². The van der Waals surface area contributed by atoms with Crippen LogP contribution in [0.25, 0.3) is 11.1 Å². The zero-order valence-electron chi connectivity index (χ0n) is 13.1. The summed E-state index contributed by atoms with van der Waals surface area (Å²) in [5.41, 5.74) is -4.64. The standard InChI is InChI=1S/C17H11F9/c1-2-9-5-11(15(18,19)20)3-4-14(9)10-6-12(16(21,22)23)8-13(7-10)17(24,25)26/h3-8H,2H2,1H3. The number of benzene rings is 2. The molecule has 0 heterocycles. The van der Waals surface area contributed by atoms with Crippen molar-refractivity contribution in [2.45, 2.75) is 31.9 Å². The molecule has 0 aromatic heterocycles. The van der Waals surface area contributed by atoms with E-state index in [-0.39, 0.29) is 23.6 Å². The Bertz CT molecular complexity index is 763. The van der Waals surface area contributed by atoms with Crippen molar-refractivity contribution < 1.29 is 39.5 Å². The molecule has 142 valence electrons. The van der Waals surface area contributed by atoms with E-state index in [9.17, 15) is 39.5 Å². The molecular formula is C17H11F9. The summed E-state index contributed by atoms with van der Waals surface area (Å²) in [5.74, 6) is 0. The van der Waals surface area contributed by atoms with Gasteiger partial charge in [0.2, 0.25) is 0 Å². The number of halogens is 9. The van der Waals surface area contributed by atoms with Crippen molar-refractivity contribution in [1.82, 2.24) is 0 Å². The van der Waals surface area contributed by atoms with Crippen LogP contribution < -0.4 is 0 Å². The lowest BCUT2D eigenvalue weighted by Crippen LogP contribution is -2.11. The molecule has 0 aliphatic rings. The average molecular weight is 386 g/mol. The first-order valence-electron chi connectivity index (χ1n) is 7.23. The predicted molar refractivity (Wildman–Crippen MR) is 76.3 cm³/mol. The van der Waals surface area contributed by atoms with Crippen molar-refractivity contribution >= 4 is 0 Å². The van der Waals surface area contributed by atoms with Crippen LogP contribution in [0.15, 0.2) is 36.4 Å². The molecule has 0 aliphatic heterocycles. The van der Waals surface area contributed by atoms with E-state index >= 15 is 0 Å². The molecule has 0 atom stereocenters. The van der Waals surface area contributed by atoms with Crippen molar-refractivity contribution in [2.24, 2.45) is 0 Å². The van der Waals surface area contributed by atoms with Gasteiger partial charge in [0.25, 0.3) is 0 Å². The third-order valence-corrected chi connectivity index (χ3v) is 3.71. The minimum atomic E-state index is -5.03. The fraction of sp³-hybridized carbons (Fsp3) is 0.294. The Hall–Kier alpha value is -2.19. The molecule has 0 amide bonds. The van der Waals surface area contributed by atoms with E-state index in [4.69, 9.17) is 0 Å². The molecular weight excluding hydrogens is 375 g/mol. The molecule has 0 bridgehead atoms. The molecule has 2 rings (SSSR count). The van der Waals surface area contributed by atoms with Crippen LogP contribution >= 0.6 is 0 Å². The third kappa shape index (κ3) is 4.31. The highest BCUT2D eigenvalue weighted by Crippen LogP contribution is 2.40. The van der Waals surface area contributed by atoms with Crippen molar-refractivity contribution in [3.05, 3.63) is 58.7 Å². The molecule has 26 heavy (non-hydrogen) atoms. The van der Waals surface area contributed by atoms with Gasteiger partial charge in [0.1, 0.15) is 0 Å². The van der Waals surface area contributed by atoms with Gasteiger partial charge in [0.15, 0.2) is 0 Å². The van der Waals surface area contributed by atoms with E-state index in [2.05, 4.69) is 0 Å². The van der Waals surface area contributed by atoms with Crippen LogP contribution in [0, 0.1) is 0 Å². The summed E-state index contributed by atoms with van der Waals surface area (Å²) >= 11 is 0. The van der Waals surface area contributed by atoms with Crippen LogP contribution in [0.4, 0.5) is 39.5 Å². The Morgan fingerprint density at radius 2 is 1.08 bits per heavy atom. The maximum absolute atomic E-state index is 12.9. The Morgan fingerprint density at radius 3 is 1.46 bits per heavy atom. The fourth-order valence-electron chi connectivity index (χ4n) is 2.45. The molecule has 0 nitrogen and oxygen atoms in total. The number of hydrogen-bond acceptors (Lipinski definition) is 0. The van der Waals surface area contributed by atoms with E-state index < -0.39 is 40.8 Å². The zero-order chi connectivity index (χ0) is 19.9. The van der Waals surface area contributed by atoms with Crippen LogP contribution in [0.1, 0.15) is 29.2 Å². The van der Waals surface area contributed by atoms with Gasteiger partial charge in [-0.05, 0) is 53.4 Å². The first kappa shape index (κ1) is 20.1. The Labute approximate surface area is 142 Å². The maximum atomic E-state index is 12.9. The molecule has 2 aromatic carbocycles. The fourth-order valence-corrected chi connectivity index (χ4v) is 2.45. The lowest BCUT2D eigenvalue weighted by Gasteiger charge is -2.17. The van der Waals surface area contributed by atoms with Gasteiger partial charge in [-0.15, -0.1) is 0 Å². The molecule has 0 radical (unpaired) electrons. The van der Waals surface area contributed by atoms with Crippen molar-refractivity contribution in [3.63, 3.8) is 0 Å². The molecule has 0 unspecified atom stereocenters. The second kappa shape index (κ2) is 6.51. The molecule has 0 saturated heterocycles. The van der Waals surface area contributed by atoms with Gasteiger partial charge in [-0.1, -0.05) is 13.0 Å². The smallest absolute Gasteiger partial charge is 0.166 e. The number of alkyl halides is 9. The Morgan fingerprint density at radius 1 is 0.615 bits per heavy atom. The first-order valence-corrected chi connectivity index (χ1v) is 7.23. The number of hydrogen-bond donors (Lipinski definition) is 0. The average Bonchev–Trinajstić information content (AvgIpc) is 2.51. The van der Waals surface area contributed by atoms with Gasteiger partial charge in [0.05, 0.1) is 16.7 Å². The molecule has 2 aromatic rings. The second-order valence-electron chi connectivity index (χ2n) is 5.52. The van der Waals surface area contributed by atoms with Crippen LogP contribution in [0.5, 0.6) is 0 Å². The lowest BCUT2D eigenvalue weighted by atomic mass is 9.93. The maximum Gasteiger partial charge on any atom is 0.416 e.